The van der Waals surface area contributed by atoms with E-state index in [0.717, 1.165) is 24.8 Å². The van der Waals surface area contributed by atoms with Gasteiger partial charge in [0.2, 0.25) is 0 Å². The van der Waals surface area contributed by atoms with Crippen LogP contribution in [-0.2, 0) is 13.5 Å². The molecule has 0 bridgehead atoms. The van der Waals surface area contributed by atoms with Gasteiger partial charge in [-0.05, 0) is 24.9 Å². The lowest BCUT2D eigenvalue weighted by atomic mass is 10.1. The third kappa shape index (κ3) is 2.41. The molecule has 0 spiro atoms. The highest BCUT2D eigenvalue weighted by molar-refractivity contribution is 6.18. The Morgan fingerprint density at radius 1 is 1.56 bits per heavy atom. The van der Waals surface area contributed by atoms with Crippen molar-refractivity contribution in [2.45, 2.75) is 25.8 Å². The van der Waals surface area contributed by atoms with E-state index in [2.05, 4.69) is 23.0 Å². The molecule has 1 aliphatic heterocycles. The maximum absolute atomic E-state index is 6.03. The zero-order valence-electron chi connectivity index (χ0n) is 10.1. The largest absolute Gasteiger partial charge is 0.299 e. The van der Waals surface area contributed by atoms with Crippen LogP contribution in [0.5, 0.6) is 0 Å². The minimum atomic E-state index is 0.565. The molecule has 1 aliphatic rings. The number of halogens is 1. The van der Waals surface area contributed by atoms with Crippen molar-refractivity contribution in [2.75, 3.05) is 19.0 Å². The van der Waals surface area contributed by atoms with Crippen LogP contribution >= 0.6 is 11.6 Å². The molecule has 2 rings (SSSR count). The van der Waals surface area contributed by atoms with Crippen LogP contribution in [-0.4, -0.2) is 39.7 Å². The predicted molar refractivity (Wildman–Crippen MR) is 66.8 cm³/mol. The van der Waals surface area contributed by atoms with Crippen molar-refractivity contribution in [1.82, 2.24) is 14.7 Å². The molecule has 3 nitrogen and oxygen atoms in total. The highest BCUT2D eigenvalue weighted by Crippen LogP contribution is 2.24. The number of aromatic nitrogens is 2. The molecular formula is C12H20ClN3. The molecule has 1 fully saturated rings. The van der Waals surface area contributed by atoms with Gasteiger partial charge in [0.05, 0.1) is 0 Å². The number of hydrogen-bond donors (Lipinski definition) is 0. The van der Waals surface area contributed by atoms with E-state index >= 15 is 0 Å². The summed E-state index contributed by atoms with van der Waals surface area (Å²) in [5.41, 5.74) is 1.30. The van der Waals surface area contributed by atoms with Crippen LogP contribution in [0.25, 0.3) is 0 Å². The Balaban J connectivity index is 1.89. The third-order valence-electron chi connectivity index (χ3n) is 3.73. The van der Waals surface area contributed by atoms with E-state index in [0.29, 0.717) is 6.04 Å². The van der Waals surface area contributed by atoms with Gasteiger partial charge in [0, 0.05) is 43.8 Å². The standard InChI is InChI=1S/C12H20ClN3/c1-10-4-7-16(12(10)9-13)8-5-11-3-6-14-15(11)2/h3,6,10,12H,4-5,7-9H2,1-2H3. The van der Waals surface area contributed by atoms with Crippen molar-refractivity contribution >= 4 is 11.6 Å². The van der Waals surface area contributed by atoms with E-state index in [-0.39, 0.29) is 0 Å². The average molecular weight is 242 g/mol. The second kappa shape index (κ2) is 5.19. The van der Waals surface area contributed by atoms with E-state index in [1.54, 1.807) is 0 Å². The maximum atomic E-state index is 6.03. The molecule has 2 heterocycles. The molecule has 0 aromatic carbocycles. The quantitative estimate of drug-likeness (QED) is 0.751. The molecule has 1 aromatic heterocycles. The summed E-state index contributed by atoms with van der Waals surface area (Å²) in [5, 5.41) is 4.19. The van der Waals surface area contributed by atoms with Crippen LogP contribution in [0.1, 0.15) is 19.0 Å². The Morgan fingerprint density at radius 2 is 2.38 bits per heavy atom. The van der Waals surface area contributed by atoms with Crippen LogP contribution in [0.3, 0.4) is 0 Å². The molecule has 2 atom stereocenters. The topological polar surface area (TPSA) is 21.1 Å². The van der Waals surface area contributed by atoms with Gasteiger partial charge < -0.3 is 0 Å². The van der Waals surface area contributed by atoms with Gasteiger partial charge in [-0.3, -0.25) is 9.58 Å². The van der Waals surface area contributed by atoms with Gasteiger partial charge >= 0.3 is 0 Å². The Hall–Kier alpha value is -0.540. The first kappa shape index (κ1) is 11.9. The van der Waals surface area contributed by atoms with E-state index in [1.807, 2.05) is 17.9 Å². The number of hydrogen-bond acceptors (Lipinski definition) is 2. The van der Waals surface area contributed by atoms with Gasteiger partial charge in [-0.15, -0.1) is 11.6 Å². The number of alkyl halides is 1. The first-order chi connectivity index (χ1) is 7.72. The van der Waals surface area contributed by atoms with Crippen LogP contribution in [0.15, 0.2) is 12.3 Å². The fraction of sp³-hybridized carbons (Fsp3) is 0.750. The number of likely N-dealkylation sites (tertiary alicyclic amines) is 1. The Kier molecular flexibility index (Phi) is 3.87. The first-order valence-electron chi connectivity index (χ1n) is 5.99. The molecule has 0 amide bonds. The fourth-order valence-electron chi connectivity index (χ4n) is 2.52. The zero-order chi connectivity index (χ0) is 11.5. The lowest BCUT2D eigenvalue weighted by Gasteiger charge is -2.24. The Bertz CT molecular complexity index is 337. The molecule has 2 unspecified atom stereocenters. The van der Waals surface area contributed by atoms with Crippen molar-refractivity contribution in [3.8, 4) is 0 Å². The van der Waals surface area contributed by atoms with Crippen LogP contribution < -0.4 is 0 Å². The summed E-state index contributed by atoms with van der Waals surface area (Å²) in [7, 11) is 2.00. The van der Waals surface area contributed by atoms with Gasteiger partial charge in [0.15, 0.2) is 0 Å². The second-order valence-corrected chi connectivity index (χ2v) is 5.03. The molecule has 0 N–H and O–H groups in total. The summed E-state index contributed by atoms with van der Waals surface area (Å²) in [6.45, 7) is 4.59. The highest BCUT2D eigenvalue weighted by Gasteiger charge is 2.29. The SMILES string of the molecule is CC1CCN(CCc2ccnn2C)C1CCl. The maximum Gasteiger partial charge on any atom is 0.0492 e. The van der Waals surface area contributed by atoms with Crippen molar-refractivity contribution < 1.29 is 0 Å². The van der Waals surface area contributed by atoms with E-state index in [4.69, 9.17) is 11.6 Å². The molecule has 0 aliphatic carbocycles. The minimum Gasteiger partial charge on any atom is -0.299 e. The van der Waals surface area contributed by atoms with Gasteiger partial charge in [-0.25, -0.2) is 0 Å². The van der Waals surface area contributed by atoms with Gasteiger partial charge in [-0.1, -0.05) is 6.92 Å². The minimum absolute atomic E-state index is 0.565. The summed E-state index contributed by atoms with van der Waals surface area (Å²) < 4.78 is 1.95. The second-order valence-electron chi connectivity index (χ2n) is 4.72. The molecule has 16 heavy (non-hydrogen) atoms. The lowest BCUT2D eigenvalue weighted by molar-refractivity contribution is 0.251. The molecular weight excluding hydrogens is 222 g/mol. The smallest absolute Gasteiger partial charge is 0.0492 e. The fourth-order valence-corrected chi connectivity index (χ4v) is 3.02. The molecule has 90 valence electrons. The molecule has 4 heteroatoms. The van der Waals surface area contributed by atoms with Crippen LogP contribution in [0.2, 0.25) is 0 Å². The van der Waals surface area contributed by atoms with Gasteiger partial charge in [0.25, 0.3) is 0 Å². The molecule has 1 aromatic rings. The lowest BCUT2D eigenvalue weighted by Crippen LogP contribution is -2.35. The zero-order valence-corrected chi connectivity index (χ0v) is 10.8. The summed E-state index contributed by atoms with van der Waals surface area (Å²) in [6.07, 6.45) is 4.21. The highest BCUT2D eigenvalue weighted by atomic mass is 35.5. The average Bonchev–Trinajstić information content (AvgIpc) is 2.82. The van der Waals surface area contributed by atoms with Gasteiger partial charge in [-0.2, -0.15) is 5.10 Å². The molecule has 0 radical (unpaired) electrons. The van der Waals surface area contributed by atoms with Crippen LogP contribution in [0, 0.1) is 5.92 Å². The van der Waals surface area contributed by atoms with Crippen molar-refractivity contribution in [2.24, 2.45) is 13.0 Å². The predicted octanol–water partition coefficient (Wildman–Crippen LogP) is 1.91. The van der Waals surface area contributed by atoms with Gasteiger partial charge in [0.1, 0.15) is 0 Å². The summed E-state index contributed by atoms with van der Waals surface area (Å²) in [6, 6.07) is 2.66. The monoisotopic (exact) mass is 241 g/mol. The summed E-state index contributed by atoms with van der Waals surface area (Å²) in [4.78, 5) is 2.52. The third-order valence-corrected chi connectivity index (χ3v) is 4.05. The van der Waals surface area contributed by atoms with E-state index in [9.17, 15) is 0 Å². The number of nitrogens with zero attached hydrogens (tertiary/aromatic N) is 3. The van der Waals surface area contributed by atoms with Crippen LogP contribution in [0.4, 0.5) is 0 Å². The normalized spacial score (nSPS) is 26.4. The Labute approximate surface area is 102 Å². The van der Waals surface area contributed by atoms with E-state index < -0.39 is 0 Å². The van der Waals surface area contributed by atoms with Crippen molar-refractivity contribution in [3.05, 3.63) is 18.0 Å². The van der Waals surface area contributed by atoms with Crippen molar-refractivity contribution in [3.63, 3.8) is 0 Å². The Morgan fingerprint density at radius 3 is 3.00 bits per heavy atom. The van der Waals surface area contributed by atoms with Crippen molar-refractivity contribution in [1.29, 1.82) is 0 Å². The first-order valence-corrected chi connectivity index (χ1v) is 6.52. The van der Waals surface area contributed by atoms with E-state index in [1.165, 1.54) is 18.7 Å². The summed E-state index contributed by atoms with van der Waals surface area (Å²) in [5.74, 6) is 1.50. The number of rotatable bonds is 4. The molecule has 1 saturated heterocycles. The number of aryl methyl sites for hydroxylation is 1. The molecule has 0 saturated carbocycles. The summed E-state index contributed by atoms with van der Waals surface area (Å²) >= 11 is 6.03.